The maximum absolute atomic E-state index is 12.6. The van der Waals surface area contributed by atoms with Crippen LogP contribution in [0.15, 0.2) is 42.5 Å². The van der Waals surface area contributed by atoms with Gasteiger partial charge in [0.15, 0.2) is 6.61 Å². The number of fused-ring (bicyclic) bond motifs is 1. The number of hydrogen-bond acceptors (Lipinski definition) is 3. The summed E-state index contributed by atoms with van der Waals surface area (Å²) in [5, 5.41) is 3.16. The summed E-state index contributed by atoms with van der Waals surface area (Å²) in [4.78, 5) is 12.6. The second-order valence-corrected chi connectivity index (χ2v) is 7.41. The number of rotatable bonds is 6. The molecule has 0 aliphatic carbocycles. The van der Waals surface area contributed by atoms with E-state index in [0.717, 1.165) is 47.5 Å². The van der Waals surface area contributed by atoms with Crippen LogP contribution < -0.4 is 14.8 Å². The Bertz CT molecular complexity index is 811. The van der Waals surface area contributed by atoms with Crippen molar-refractivity contribution in [2.75, 3.05) is 6.61 Å². The fourth-order valence-corrected chi connectivity index (χ4v) is 3.67. The molecule has 0 saturated heterocycles. The number of benzene rings is 2. The smallest absolute Gasteiger partial charge is 0.258 e. The van der Waals surface area contributed by atoms with Gasteiger partial charge in [-0.05, 0) is 49.9 Å². The summed E-state index contributed by atoms with van der Waals surface area (Å²) in [5.74, 6) is 1.51. The third kappa shape index (κ3) is 4.26. The van der Waals surface area contributed by atoms with E-state index in [1.165, 1.54) is 0 Å². The molecule has 2 aromatic rings. The molecule has 1 atom stereocenters. The van der Waals surface area contributed by atoms with Gasteiger partial charge in [0.2, 0.25) is 0 Å². The highest BCUT2D eigenvalue weighted by Crippen LogP contribution is 2.42. The maximum Gasteiger partial charge on any atom is 0.258 e. The largest absolute Gasteiger partial charge is 0.487 e. The summed E-state index contributed by atoms with van der Waals surface area (Å²) >= 11 is 0. The van der Waals surface area contributed by atoms with Gasteiger partial charge in [-0.1, -0.05) is 44.2 Å². The van der Waals surface area contributed by atoms with Gasteiger partial charge in [-0.25, -0.2) is 0 Å². The zero-order valence-electron chi connectivity index (χ0n) is 16.7. The fourth-order valence-electron chi connectivity index (χ4n) is 3.67. The molecule has 1 N–H and O–H groups in total. The predicted molar refractivity (Wildman–Crippen MR) is 107 cm³/mol. The number of carbonyl (C=O) groups excluding carboxylic acids is 1. The molecule has 0 bridgehead atoms. The summed E-state index contributed by atoms with van der Waals surface area (Å²) in [6, 6.07) is 13.9. The lowest BCUT2D eigenvalue weighted by Gasteiger charge is -2.41. The van der Waals surface area contributed by atoms with Crippen molar-refractivity contribution in [3.63, 3.8) is 0 Å². The van der Waals surface area contributed by atoms with Crippen LogP contribution >= 0.6 is 0 Å². The Kier molecular flexibility index (Phi) is 5.73. The normalized spacial score (nSPS) is 17.6. The molecule has 0 aromatic heterocycles. The molecule has 3 rings (SSSR count). The lowest BCUT2D eigenvalue weighted by atomic mass is 9.83. The second-order valence-electron chi connectivity index (χ2n) is 7.41. The van der Waals surface area contributed by atoms with E-state index >= 15 is 0 Å². The van der Waals surface area contributed by atoms with Gasteiger partial charge in [-0.15, -0.1) is 0 Å². The molecule has 4 heteroatoms. The van der Waals surface area contributed by atoms with Gasteiger partial charge in [-0.2, -0.15) is 0 Å². The molecule has 0 saturated carbocycles. The lowest BCUT2D eigenvalue weighted by Crippen LogP contribution is -2.45. The molecule has 1 amide bonds. The first-order valence-electron chi connectivity index (χ1n) is 9.73. The molecular formula is C23H29NO3. The van der Waals surface area contributed by atoms with Crippen molar-refractivity contribution in [2.24, 2.45) is 0 Å². The van der Waals surface area contributed by atoms with E-state index in [9.17, 15) is 4.79 Å². The van der Waals surface area contributed by atoms with Crippen molar-refractivity contribution < 1.29 is 14.3 Å². The highest BCUT2D eigenvalue weighted by atomic mass is 16.5. The van der Waals surface area contributed by atoms with Crippen molar-refractivity contribution in [2.45, 2.75) is 58.6 Å². The van der Waals surface area contributed by atoms with Crippen molar-refractivity contribution >= 4 is 5.91 Å². The van der Waals surface area contributed by atoms with Crippen LogP contribution in [0.2, 0.25) is 0 Å². The molecule has 1 heterocycles. The first kappa shape index (κ1) is 19.3. The van der Waals surface area contributed by atoms with Crippen molar-refractivity contribution in [3.05, 3.63) is 59.2 Å². The van der Waals surface area contributed by atoms with Crippen LogP contribution in [0.1, 0.15) is 55.8 Å². The number of aryl methyl sites for hydroxylation is 2. The second kappa shape index (κ2) is 8.03. The number of nitrogens with one attached hydrogen (secondary N) is 1. The summed E-state index contributed by atoms with van der Waals surface area (Å²) < 4.78 is 12.1. The average molecular weight is 367 g/mol. The number of hydrogen-bond donors (Lipinski definition) is 1. The van der Waals surface area contributed by atoms with Gasteiger partial charge in [0.25, 0.3) is 5.91 Å². The Hall–Kier alpha value is -2.49. The van der Waals surface area contributed by atoms with E-state index in [1.54, 1.807) is 0 Å². The van der Waals surface area contributed by atoms with Gasteiger partial charge in [0.05, 0.1) is 6.04 Å². The number of ether oxygens (including phenoxy) is 2. The van der Waals surface area contributed by atoms with Crippen molar-refractivity contribution in [1.29, 1.82) is 0 Å². The highest BCUT2D eigenvalue weighted by Gasteiger charge is 2.38. The third-order valence-corrected chi connectivity index (χ3v) is 5.52. The molecule has 4 nitrogen and oxygen atoms in total. The predicted octanol–water partition coefficient (Wildman–Crippen LogP) is 4.88. The van der Waals surface area contributed by atoms with Crippen LogP contribution in [0.25, 0.3) is 0 Å². The molecule has 27 heavy (non-hydrogen) atoms. The summed E-state index contributed by atoms with van der Waals surface area (Å²) in [6.07, 6.45) is 2.58. The third-order valence-electron chi connectivity index (χ3n) is 5.52. The van der Waals surface area contributed by atoms with Gasteiger partial charge in [0, 0.05) is 12.0 Å². The summed E-state index contributed by atoms with van der Waals surface area (Å²) in [5.41, 5.74) is 2.95. The zero-order chi connectivity index (χ0) is 19.4. The molecule has 1 aliphatic rings. The fraction of sp³-hybridized carbons (Fsp3) is 0.435. The Balaban J connectivity index is 1.71. The number of amides is 1. The van der Waals surface area contributed by atoms with Crippen molar-refractivity contribution in [3.8, 4) is 11.5 Å². The minimum Gasteiger partial charge on any atom is -0.487 e. The maximum atomic E-state index is 12.6. The molecular weight excluding hydrogens is 338 g/mol. The van der Waals surface area contributed by atoms with E-state index in [2.05, 4.69) is 19.2 Å². The first-order chi connectivity index (χ1) is 13.0. The first-order valence-corrected chi connectivity index (χ1v) is 9.73. The van der Waals surface area contributed by atoms with E-state index in [1.807, 2.05) is 56.3 Å². The van der Waals surface area contributed by atoms with Gasteiger partial charge >= 0.3 is 0 Å². The van der Waals surface area contributed by atoms with Crippen LogP contribution in [0.4, 0.5) is 0 Å². The van der Waals surface area contributed by atoms with Crippen LogP contribution in [0.3, 0.4) is 0 Å². The molecule has 0 spiro atoms. The Morgan fingerprint density at radius 2 is 1.93 bits per heavy atom. The van der Waals surface area contributed by atoms with E-state index in [0.29, 0.717) is 0 Å². The number of carbonyl (C=O) groups is 1. The average Bonchev–Trinajstić information content (AvgIpc) is 2.68. The Labute approximate surface area is 161 Å². The molecule has 0 unspecified atom stereocenters. The summed E-state index contributed by atoms with van der Waals surface area (Å²) in [6.45, 7) is 8.29. The topological polar surface area (TPSA) is 47.6 Å². The lowest BCUT2D eigenvalue weighted by molar-refractivity contribution is -0.124. The van der Waals surface area contributed by atoms with Crippen LogP contribution in [0, 0.1) is 13.8 Å². The molecule has 0 radical (unpaired) electrons. The monoisotopic (exact) mass is 367 g/mol. The van der Waals surface area contributed by atoms with E-state index in [4.69, 9.17) is 9.47 Å². The van der Waals surface area contributed by atoms with Gasteiger partial charge in [0.1, 0.15) is 17.1 Å². The Morgan fingerprint density at radius 1 is 1.19 bits per heavy atom. The molecule has 1 aliphatic heterocycles. The minimum atomic E-state index is -0.236. The Morgan fingerprint density at radius 3 is 2.67 bits per heavy atom. The quantitative estimate of drug-likeness (QED) is 0.791. The van der Waals surface area contributed by atoms with Gasteiger partial charge in [-0.3, -0.25) is 4.79 Å². The summed E-state index contributed by atoms with van der Waals surface area (Å²) in [7, 11) is 0. The van der Waals surface area contributed by atoms with Crippen LogP contribution in [-0.4, -0.2) is 18.1 Å². The minimum absolute atomic E-state index is 0.00900. The van der Waals surface area contributed by atoms with E-state index in [-0.39, 0.29) is 24.2 Å². The molecule has 2 aromatic carbocycles. The zero-order valence-corrected chi connectivity index (χ0v) is 16.7. The standard InChI is InChI=1S/C23H29NO3/c1-5-23(6-2)14-19(18-9-7-8-10-20(18)27-23)24-22(25)15-26-21-13-16(3)11-12-17(21)4/h7-13,19H,5-6,14-15H2,1-4H3,(H,24,25)/t19-/m0/s1. The van der Waals surface area contributed by atoms with Crippen LogP contribution in [-0.2, 0) is 4.79 Å². The molecule has 0 fully saturated rings. The number of para-hydroxylation sites is 1. The SMILES string of the molecule is CCC1(CC)C[C@H](NC(=O)COc2cc(C)ccc2C)c2ccccc2O1. The van der Waals surface area contributed by atoms with E-state index < -0.39 is 0 Å². The van der Waals surface area contributed by atoms with Crippen LogP contribution in [0.5, 0.6) is 11.5 Å². The van der Waals surface area contributed by atoms with Crippen molar-refractivity contribution in [1.82, 2.24) is 5.32 Å². The van der Waals surface area contributed by atoms with Gasteiger partial charge < -0.3 is 14.8 Å². The molecule has 144 valence electrons. The highest BCUT2D eigenvalue weighted by molar-refractivity contribution is 5.78.